The maximum atomic E-state index is 10.2. The van der Waals surface area contributed by atoms with E-state index < -0.39 is 6.10 Å². The lowest BCUT2D eigenvalue weighted by Gasteiger charge is -1.89. The molecule has 0 aromatic heterocycles. The van der Waals surface area contributed by atoms with Crippen LogP contribution in [0.2, 0.25) is 0 Å². The van der Waals surface area contributed by atoms with Gasteiger partial charge in [-0.05, 0) is 0 Å². The largest absolute Gasteiger partial charge is 0.391 e. The quantitative estimate of drug-likeness (QED) is 0.482. The third-order valence-corrected chi connectivity index (χ3v) is 0.956. The number of rotatable bonds is 0. The average Bonchev–Trinajstić information content (AvgIpc) is 2.20. The Morgan fingerprint density at radius 1 is 1.67 bits per heavy atom. The summed E-state index contributed by atoms with van der Waals surface area (Å²) in [6.07, 6.45) is -0.160. The molecule has 0 spiro atoms. The third kappa shape index (κ3) is 3.08. The SMILES string of the molecule is CC.O=C1CC(O)CN1. The molecule has 9 heavy (non-hydrogen) atoms. The van der Waals surface area contributed by atoms with E-state index in [9.17, 15) is 4.79 Å². The van der Waals surface area contributed by atoms with Gasteiger partial charge in [0.05, 0.1) is 12.5 Å². The fourth-order valence-corrected chi connectivity index (χ4v) is 0.590. The zero-order chi connectivity index (χ0) is 7.28. The van der Waals surface area contributed by atoms with E-state index in [1.165, 1.54) is 0 Å². The lowest BCUT2D eigenvalue weighted by molar-refractivity contribution is -0.119. The van der Waals surface area contributed by atoms with E-state index in [1.807, 2.05) is 13.8 Å². The highest BCUT2D eigenvalue weighted by molar-refractivity contribution is 5.78. The van der Waals surface area contributed by atoms with Crippen LogP contribution in [0, 0.1) is 0 Å². The van der Waals surface area contributed by atoms with Crippen molar-refractivity contribution in [3.05, 3.63) is 0 Å². The maximum Gasteiger partial charge on any atom is 0.222 e. The van der Waals surface area contributed by atoms with Crippen LogP contribution in [0.3, 0.4) is 0 Å². The number of carbonyl (C=O) groups is 1. The molecule has 0 saturated carbocycles. The molecular weight excluding hydrogens is 118 g/mol. The summed E-state index contributed by atoms with van der Waals surface area (Å²) in [5.74, 6) is -0.0486. The van der Waals surface area contributed by atoms with Crippen LogP contribution in [0.4, 0.5) is 0 Å². The number of aliphatic hydroxyl groups excluding tert-OH is 1. The van der Waals surface area contributed by atoms with Crippen LogP contribution in [-0.4, -0.2) is 23.7 Å². The molecule has 1 saturated heterocycles. The van der Waals surface area contributed by atoms with Gasteiger partial charge in [-0.3, -0.25) is 4.79 Å². The second-order valence-corrected chi connectivity index (χ2v) is 1.66. The van der Waals surface area contributed by atoms with Gasteiger partial charge in [-0.25, -0.2) is 0 Å². The van der Waals surface area contributed by atoms with Crippen LogP contribution in [0.5, 0.6) is 0 Å². The fraction of sp³-hybridized carbons (Fsp3) is 0.833. The van der Waals surface area contributed by atoms with Crippen LogP contribution in [0.25, 0.3) is 0 Å². The maximum absolute atomic E-state index is 10.2. The Kier molecular flexibility index (Phi) is 4.05. The van der Waals surface area contributed by atoms with Gasteiger partial charge >= 0.3 is 0 Å². The van der Waals surface area contributed by atoms with Crippen molar-refractivity contribution in [1.29, 1.82) is 0 Å². The van der Waals surface area contributed by atoms with Crippen LogP contribution < -0.4 is 5.32 Å². The van der Waals surface area contributed by atoms with Crippen LogP contribution in [0.15, 0.2) is 0 Å². The van der Waals surface area contributed by atoms with Crippen molar-refractivity contribution in [2.24, 2.45) is 0 Å². The highest BCUT2D eigenvalue weighted by Gasteiger charge is 2.17. The van der Waals surface area contributed by atoms with Crippen molar-refractivity contribution in [1.82, 2.24) is 5.32 Å². The second kappa shape index (κ2) is 4.32. The summed E-state index contributed by atoms with van der Waals surface area (Å²) >= 11 is 0. The number of amides is 1. The first-order chi connectivity index (χ1) is 4.29. The molecule has 1 aliphatic rings. The van der Waals surface area contributed by atoms with Crippen molar-refractivity contribution < 1.29 is 9.90 Å². The first-order valence-corrected chi connectivity index (χ1v) is 3.24. The summed E-state index contributed by atoms with van der Waals surface area (Å²) in [6, 6.07) is 0. The van der Waals surface area contributed by atoms with E-state index in [0.717, 1.165) is 0 Å². The Morgan fingerprint density at radius 2 is 2.22 bits per heavy atom. The van der Waals surface area contributed by atoms with Gasteiger partial charge in [-0.2, -0.15) is 0 Å². The van der Waals surface area contributed by atoms with Gasteiger partial charge < -0.3 is 10.4 Å². The number of aliphatic hydroxyl groups is 1. The Hall–Kier alpha value is -0.570. The van der Waals surface area contributed by atoms with Crippen molar-refractivity contribution in [3.63, 3.8) is 0 Å². The molecule has 2 N–H and O–H groups in total. The molecule has 3 heteroatoms. The Labute approximate surface area is 55.1 Å². The molecule has 54 valence electrons. The minimum absolute atomic E-state index is 0.0486. The second-order valence-electron chi connectivity index (χ2n) is 1.66. The zero-order valence-corrected chi connectivity index (χ0v) is 5.85. The summed E-state index contributed by atoms with van der Waals surface area (Å²) < 4.78 is 0. The van der Waals surface area contributed by atoms with Gasteiger partial charge in [0, 0.05) is 6.54 Å². The topological polar surface area (TPSA) is 49.3 Å². The fourth-order valence-electron chi connectivity index (χ4n) is 0.590. The van der Waals surface area contributed by atoms with E-state index in [0.29, 0.717) is 6.54 Å². The molecular formula is C6H13NO2. The highest BCUT2D eigenvalue weighted by Crippen LogP contribution is 1.95. The highest BCUT2D eigenvalue weighted by atomic mass is 16.3. The molecule has 1 unspecified atom stereocenters. The van der Waals surface area contributed by atoms with Gasteiger partial charge in [0.15, 0.2) is 0 Å². The van der Waals surface area contributed by atoms with Gasteiger partial charge in [0.1, 0.15) is 0 Å². The summed E-state index contributed by atoms with van der Waals surface area (Å²) in [5, 5.41) is 11.1. The van der Waals surface area contributed by atoms with Crippen molar-refractivity contribution in [3.8, 4) is 0 Å². The number of β-amino-alcohol motifs (C(OH)–C–C–N with tert-alkyl or cyclic N) is 1. The molecule has 1 amide bonds. The van der Waals surface area contributed by atoms with E-state index in [1.54, 1.807) is 0 Å². The molecule has 1 atom stereocenters. The monoisotopic (exact) mass is 131 g/mol. The first kappa shape index (κ1) is 8.43. The van der Waals surface area contributed by atoms with Crippen molar-refractivity contribution in [2.45, 2.75) is 26.4 Å². The zero-order valence-electron chi connectivity index (χ0n) is 5.85. The molecule has 3 nitrogen and oxygen atoms in total. The smallest absolute Gasteiger partial charge is 0.222 e. The molecule has 0 bridgehead atoms. The molecule has 1 aliphatic heterocycles. The standard InChI is InChI=1S/C4H7NO2.C2H6/c6-3-1-4(7)5-2-3;1-2/h3,6H,1-2H2,(H,5,7);1-2H3. The van der Waals surface area contributed by atoms with E-state index >= 15 is 0 Å². The molecule has 1 heterocycles. The van der Waals surface area contributed by atoms with Crippen molar-refractivity contribution >= 4 is 5.91 Å². The van der Waals surface area contributed by atoms with Crippen LogP contribution in [0.1, 0.15) is 20.3 Å². The Bertz CT molecular complexity index is 93.1. The van der Waals surface area contributed by atoms with E-state index in [2.05, 4.69) is 5.32 Å². The van der Waals surface area contributed by atoms with Gasteiger partial charge in [0.25, 0.3) is 0 Å². The number of hydrogen-bond acceptors (Lipinski definition) is 2. The summed E-state index contributed by atoms with van der Waals surface area (Å²) in [5.41, 5.74) is 0. The number of carbonyl (C=O) groups excluding carboxylic acids is 1. The van der Waals surface area contributed by atoms with Crippen LogP contribution in [-0.2, 0) is 4.79 Å². The number of hydrogen-bond donors (Lipinski definition) is 2. The molecule has 0 aliphatic carbocycles. The first-order valence-electron chi connectivity index (χ1n) is 3.24. The lowest BCUT2D eigenvalue weighted by Crippen LogP contribution is -2.14. The molecule has 0 aromatic rings. The molecule has 0 aromatic carbocycles. The normalized spacial score (nSPS) is 24.3. The molecule has 1 rings (SSSR count). The predicted molar refractivity (Wildman–Crippen MR) is 35.0 cm³/mol. The van der Waals surface area contributed by atoms with Crippen LogP contribution >= 0.6 is 0 Å². The van der Waals surface area contributed by atoms with E-state index in [4.69, 9.17) is 5.11 Å². The summed E-state index contributed by atoms with van der Waals surface area (Å²) in [6.45, 7) is 4.43. The number of nitrogens with one attached hydrogen (secondary N) is 1. The molecule has 1 fully saturated rings. The van der Waals surface area contributed by atoms with Gasteiger partial charge in [-0.1, -0.05) is 13.8 Å². The average molecular weight is 131 g/mol. The van der Waals surface area contributed by atoms with E-state index in [-0.39, 0.29) is 12.3 Å². The molecule has 0 radical (unpaired) electrons. The van der Waals surface area contributed by atoms with Gasteiger partial charge in [-0.15, -0.1) is 0 Å². The predicted octanol–water partition coefficient (Wildman–Crippen LogP) is -0.107. The summed E-state index contributed by atoms with van der Waals surface area (Å²) in [7, 11) is 0. The Morgan fingerprint density at radius 3 is 2.33 bits per heavy atom. The Balaban J connectivity index is 0.000000291. The minimum atomic E-state index is -0.438. The lowest BCUT2D eigenvalue weighted by atomic mass is 10.3. The minimum Gasteiger partial charge on any atom is -0.391 e. The third-order valence-electron chi connectivity index (χ3n) is 0.956. The van der Waals surface area contributed by atoms with Crippen molar-refractivity contribution in [2.75, 3.05) is 6.54 Å². The van der Waals surface area contributed by atoms with Gasteiger partial charge in [0.2, 0.25) is 5.91 Å². The summed E-state index contributed by atoms with van der Waals surface area (Å²) in [4.78, 5) is 10.2.